The van der Waals surface area contributed by atoms with Gasteiger partial charge in [-0.1, -0.05) is 66.7 Å². The monoisotopic (exact) mass is 484 g/mol. The van der Waals surface area contributed by atoms with Gasteiger partial charge in [0, 0.05) is 10.9 Å². The molecule has 2 aromatic heterocycles. The molecule has 0 fully saturated rings. The van der Waals surface area contributed by atoms with Crippen molar-refractivity contribution in [3.8, 4) is 22.4 Å². The highest BCUT2D eigenvalue weighted by Crippen LogP contribution is 2.26. The maximum Gasteiger partial charge on any atom is 0.433 e. The predicted octanol–water partition coefficient (Wildman–Crippen LogP) is 6.64. The summed E-state index contributed by atoms with van der Waals surface area (Å²) in [4.78, 5) is 15.2. The fourth-order valence-electron chi connectivity index (χ4n) is 3.42. The molecule has 0 amide bonds. The zero-order chi connectivity index (χ0) is 24.2. The standard InChI is InChI=1S/C26H17FN4O3S/c27-22-8-4-5-9-23(22)29-26-30(28-16-21-14-15-25(34-21)31(32)33)24(17-35-26)20-12-10-19(11-13-20)18-6-2-1-3-7-18/h1-17H. The van der Waals surface area contributed by atoms with Crippen molar-refractivity contribution in [1.82, 2.24) is 4.68 Å². The van der Waals surface area contributed by atoms with E-state index < -0.39 is 10.7 Å². The Bertz CT molecular complexity index is 1580. The van der Waals surface area contributed by atoms with Crippen LogP contribution in [0.1, 0.15) is 5.76 Å². The average molecular weight is 485 g/mol. The third kappa shape index (κ3) is 4.85. The number of halogens is 1. The summed E-state index contributed by atoms with van der Waals surface area (Å²) < 4.78 is 21.0. The molecule has 7 nitrogen and oxygen atoms in total. The number of hydrogen-bond donors (Lipinski definition) is 0. The van der Waals surface area contributed by atoms with E-state index in [9.17, 15) is 14.5 Å². The lowest BCUT2D eigenvalue weighted by Crippen LogP contribution is -2.11. The number of thiazole rings is 1. The van der Waals surface area contributed by atoms with E-state index in [1.54, 1.807) is 22.9 Å². The molecule has 172 valence electrons. The van der Waals surface area contributed by atoms with Gasteiger partial charge in [0.25, 0.3) is 0 Å². The first-order chi connectivity index (χ1) is 17.1. The maximum absolute atomic E-state index is 14.3. The molecule has 2 heterocycles. The van der Waals surface area contributed by atoms with E-state index in [2.05, 4.69) is 10.1 Å². The first-order valence-corrected chi connectivity index (χ1v) is 11.4. The van der Waals surface area contributed by atoms with Gasteiger partial charge in [0.2, 0.25) is 4.80 Å². The number of nitro groups is 1. The summed E-state index contributed by atoms with van der Waals surface area (Å²) in [6.07, 6.45) is 1.36. The van der Waals surface area contributed by atoms with E-state index in [0.29, 0.717) is 4.80 Å². The molecule has 0 aliphatic carbocycles. The molecule has 0 aliphatic rings. The number of para-hydroxylation sites is 1. The summed E-state index contributed by atoms with van der Waals surface area (Å²) in [5.74, 6) is -0.626. The summed E-state index contributed by atoms with van der Waals surface area (Å²) in [7, 11) is 0. The third-order valence-corrected chi connectivity index (χ3v) is 5.95. The Kier molecular flexibility index (Phi) is 6.15. The molecule has 0 atom stereocenters. The molecule has 0 saturated carbocycles. The fraction of sp³-hybridized carbons (Fsp3) is 0. The summed E-state index contributed by atoms with van der Waals surface area (Å²) in [5, 5.41) is 17.3. The molecular formula is C26H17FN4O3S. The van der Waals surface area contributed by atoms with Crippen LogP contribution in [-0.4, -0.2) is 15.8 Å². The Labute approximate surface area is 202 Å². The van der Waals surface area contributed by atoms with Crippen LogP contribution in [0.25, 0.3) is 22.4 Å². The summed E-state index contributed by atoms with van der Waals surface area (Å²) in [6.45, 7) is 0. The summed E-state index contributed by atoms with van der Waals surface area (Å²) >= 11 is 1.30. The van der Waals surface area contributed by atoms with Crippen molar-refractivity contribution in [3.05, 3.63) is 123 Å². The van der Waals surface area contributed by atoms with Gasteiger partial charge in [-0.05, 0) is 29.3 Å². The van der Waals surface area contributed by atoms with Crippen molar-refractivity contribution in [3.63, 3.8) is 0 Å². The fourth-order valence-corrected chi connectivity index (χ4v) is 4.27. The van der Waals surface area contributed by atoms with Gasteiger partial charge in [0.05, 0.1) is 18.0 Å². The van der Waals surface area contributed by atoms with Gasteiger partial charge in [-0.2, -0.15) is 5.10 Å². The Hall–Kier alpha value is -4.63. The molecule has 0 aliphatic heterocycles. The van der Waals surface area contributed by atoms with Crippen LogP contribution in [0.15, 0.2) is 111 Å². The second-order valence-corrected chi connectivity index (χ2v) is 8.24. The summed E-state index contributed by atoms with van der Waals surface area (Å²) in [5.41, 5.74) is 3.95. The molecule has 0 bridgehead atoms. The van der Waals surface area contributed by atoms with E-state index >= 15 is 0 Å². The highest BCUT2D eigenvalue weighted by Gasteiger charge is 2.12. The number of benzene rings is 3. The van der Waals surface area contributed by atoms with Gasteiger partial charge in [0.15, 0.2) is 5.76 Å². The second kappa shape index (κ2) is 9.70. The number of nitrogens with zero attached hydrogens (tertiary/aromatic N) is 4. The molecule has 5 aromatic rings. The van der Waals surface area contributed by atoms with E-state index in [1.807, 2.05) is 60.0 Å². The normalized spacial score (nSPS) is 11.9. The number of rotatable bonds is 6. The molecule has 0 N–H and O–H groups in total. The molecular weight excluding hydrogens is 467 g/mol. The van der Waals surface area contributed by atoms with Crippen molar-refractivity contribution in [2.24, 2.45) is 10.1 Å². The van der Waals surface area contributed by atoms with Crippen LogP contribution in [0.4, 0.5) is 16.0 Å². The van der Waals surface area contributed by atoms with Crippen molar-refractivity contribution in [2.75, 3.05) is 0 Å². The van der Waals surface area contributed by atoms with Gasteiger partial charge in [-0.3, -0.25) is 10.1 Å². The molecule has 5 rings (SSSR count). The van der Waals surface area contributed by atoms with Crippen LogP contribution in [0.5, 0.6) is 0 Å². The Morgan fingerprint density at radius 1 is 0.886 bits per heavy atom. The molecule has 9 heteroatoms. The molecule has 0 spiro atoms. The lowest BCUT2D eigenvalue weighted by atomic mass is 10.0. The van der Waals surface area contributed by atoms with Crippen LogP contribution in [0, 0.1) is 15.9 Å². The first kappa shape index (κ1) is 22.2. The summed E-state index contributed by atoms with van der Waals surface area (Å²) in [6, 6.07) is 26.9. The molecule has 35 heavy (non-hydrogen) atoms. The number of aromatic nitrogens is 1. The zero-order valence-corrected chi connectivity index (χ0v) is 18.9. The average Bonchev–Trinajstić information content (AvgIpc) is 3.52. The Morgan fingerprint density at radius 3 is 2.29 bits per heavy atom. The van der Waals surface area contributed by atoms with Gasteiger partial charge in [-0.25, -0.2) is 14.1 Å². The van der Waals surface area contributed by atoms with Crippen molar-refractivity contribution < 1.29 is 13.7 Å². The topological polar surface area (TPSA) is 85.9 Å². The first-order valence-electron chi connectivity index (χ1n) is 10.5. The zero-order valence-electron chi connectivity index (χ0n) is 18.1. The van der Waals surface area contributed by atoms with Crippen LogP contribution < -0.4 is 4.80 Å². The highest BCUT2D eigenvalue weighted by molar-refractivity contribution is 7.07. The third-order valence-electron chi connectivity index (χ3n) is 5.13. The van der Waals surface area contributed by atoms with E-state index in [4.69, 9.17) is 4.42 Å². The Balaban J connectivity index is 1.58. The predicted molar refractivity (Wildman–Crippen MR) is 133 cm³/mol. The SMILES string of the molecule is O=[N+]([O-])c1ccc(C=Nn2c(-c3ccc(-c4ccccc4)cc3)csc2=Nc2ccccc2F)o1. The van der Waals surface area contributed by atoms with Gasteiger partial charge >= 0.3 is 5.88 Å². The largest absolute Gasteiger partial charge is 0.433 e. The number of furan rings is 1. The van der Waals surface area contributed by atoms with E-state index in [-0.39, 0.29) is 17.3 Å². The van der Waals surface area contributed by atoms with Crippen molar-refractivity contribution >= 4 is 29.1 Å². The molecule has 0 radical (unpaired) electrons. The number of hydrogen-bond acceptors (Lipinski definition) is 6. The molecule has 0 unspecified atom stereocenters. The van der Waals surface area contributed by atoms with Crippen LogP contribution in [-0.2, 0) is 0 Å². The van der Waals surface area contributed by atoms with Gasteiger partial charge in [0.1, 0.15) is 16.4 Å². The van der Waals surface area contributed by atoms with Gasteiger partial charge < -0.3 is 4.42 Å². The van der Waals surface area contributed by atoms with Crippen molar-refractivity contribution in [1.29, 1.82) is 0 Å². The minimum atomic E-state index is -0.617. The van der Waals surface area contributed by atoms with Crippen LogP contribution in [0.2, 0.25) is 0 Å². The smallest absolute Gasteiger partial charge is 0.400 e. The minimum Gasteiger partial charge on any atom is -0.400 e. The van der Waals surface area contributed by atoms with Crippen molar-refractivity contribution in [2.45, 2.75) is 0 Å². The Morgan fingerprint density at radius 2 is 1.57 bits per heavy atom. The van der Waals surface area contributed by atoms with E-state index in [0.717, 1.165) is 22.4 Å². The van der Waals surface area contributed by atoms with Crippen LogP contribution >= 0.6 is 11.3 Å². The quantitative estimate of drug-likeness (QED) is 0.154. The highest BCUT2D eigenvalue weighted by atomic mass is 32.1. The lowest BCUT2D eigenvalue weighted by Gasteiger charge is -2.06. The maximum atomic E-state index is 14.3. The second-order valence-electron chi connectivity index (χ2n) is 7.40. The minimum absolute atomic E-state index is 0.179. The van der Waals surface area contributed by atoms with Gasteiger partial charge in [-0.15, -0.1) is 11.3 Å². The molecule has 0 saturated heterocycles. The van der Waals surface area contributed by atoms with Crippen LogP contribution in [0.3, 0.4) is 0 Å². The molecule has 3 aromatic carbocycles. The van der Waals surface area contributed by atoms with E-state index in [1.165, 1.54) is 35.8 Å². The lowest BCUT2D eigenvalue weighted by molar-refractivity contribution is -0.402.